The standard InChI is InChI=1S/C17H13IN2OS/c1-11-5-7-12(8-6-11)9-15-16(21)20-17(22-15)19-14-4-2-3-13(18)10-14/h2-10H,1H3,(H,19,20,21). The summed E-state index contributed by atoms with van der Waals surface area (Å²) in [6.07, 6.45) is 1.89. The summed E-state index contributed by atoms with van der Waals surface area (Å²) < 4.78 is 1.11. The van der Waals surface area contributed by atoms with Crippen molar-refractivity contribution in [1.82, 2.24) is 5.32 Å². The van der Waals surface area contributed by atoms with Gasteiger partial charge in [-0.05, 0) is 71.1 Å². The van der Waals surface area contributed by atoms with Gasteiger partial charge in [-0.3, -0.25) is 4.79 Å². The second-order valence-corrected chi connectivity index (χ2v) is 7.15. The number of nitrogens with one attached hydrogen (secondary N) is 1. The molecule has 0 unspecified atom stereocenters. The third-order valence-corrected chi connectivity index (χ3v) is 4.65. The molecule has 0 spiro atoms. The molecule has 1 amide bonds. The van der Waals surface area contributed by atoms with Gasteiger partial charge in [-0.15, -0.1) is 0 Å². The summed E-state index contributed by atoms with van der Waals surface area (Å²) in [5.74, 6) is -0.102. The lowest BCUT2D eigenvalue weighted by Gasteiger charge is -1.97. The van der Waals surface area contributed by atoms with Crippen LogP contribution in [-0.4, -0.2) is 11.1 Å². The number of aryl methyl sites for hydroxylation is 1. The number of hydrogen-bond donors (Lipinski definition) is 1. The van der Waals surface area contributed by atoms with Crippen molar-refractivity contribution < 1.29 is 4.79 Å². The van der Waals surface area contributed by atoms with E-state index in [2.05, 4.69) is 32.9 Å². The Labute approximate surface area is 147 Å². The molecule has 0 aliphatic carbocycles. The average molecular weight is 420 g/mol. The van der Waals surface area contributed by atoms with E-state index in [4.69, 9.17) is 0 Å². The Kier molecular flexibility index (Phi) is 4.63. The van der Waals surface area contributed by atoms with Crippen LogP contribution in [0.5, 0.6) is 0 Å². The molecule has 3 nitrogen and oxygen atoms in total. The maximum Gasteiger partial charge on any atom is 0.264 e. The Hall–Kier alpha value is -1.60. The van der Waals surface area contributed by atoms with Crippen molar-refractivity contribution in [2.75, 3.05) is 0 Å². The molecular weight excluding hydrogens is 407 g/mol. The molecule has 22 heavy (non-hydrogen) atoms. The predicted octanol–water partition coefficient (Wildman–Crippen LogP) is 4.49. The maximum atomic E-state index is 12.0. The number of benzene rings is 2. The zero-order valence-corrected chi connectivity index (χ0v) is 14.8. The molecule has 0 atom stereocenters. The first-order chi connectivity index (χ1) is 10.6. The monoisotopic (exact) mass is 420 g/mol. The lowest BCUT2D eigenvalue weighted by atomic mass is 10.1. The van der Waals surface area contributed by atoms with Crippen LogP contribution in [0.3, 0.4) is 0 Å². The molecule has 2 aromatic carbocycles. The number of hydrogen-bond acceptors (Lipinski definition) is 3. The molecule has 1 saturated heterocycles. The van der Waals surface area contributed by atoms with Crippen LogP contribution in [0.25, 0.3) is 6.08 Å². The highest BCUT2D eigenvalue weighted by Gasteiger charge is 2.23. The highest BCUT2D eigenvalue weighted by molar-refractivity contribution is 14.1. The van der Waals surface area contributed by atoms with Gasteiger partial charge in [-0.25, -0.2) is 4.99 Å². The van der Waals surface area contributed by atoms with Gasteiger partial charge in [0.25, 0.3) is 5.91 Å². The molecule has 1 heterocycles. The molecule has 2 aromatic rings. The van der Waals surface area contributed by atoms with E-state index >= 15 is 0 Å². The first kappa shape index (κ1) is 15.3. The van der Waals surface area contributed by atoms with E-state index < -0.39 is 0 Å². The van der Waals surface area contributed by atoms with Crippen LogP contribution in [0, 0.1) is 10.5 Å². The molecule has 0 saturated carbocycles. The fourth-order valence-corrected chi connectivity index (χ4v) is 3.33. The maximum absolute atomic E-state index is 12.0. The molecule has 5 heteroatoms. The van der Waals surface area contributed by atoms with Gasteiger partial charge in [0.1, 0.15) is 0 Å². The molecular formula is C17H13IN2OS. The van der Waals surface area contributed by atoms with E-state index in [0.717, 1.165) is 14.8 Å². The number of carbonyl (C=O) groups excluding carboxylic acids is 1. The zero-order chi connectivity index (χ0) is 15.5. The van der Waals surface area contributed by atoms with Gasteiger partial charge in [-0.2, -0.15) is 0 Å². The van der Waals surface area contributed by atoms with Crippen LogP contribution in [0.2, 0.25) is 0 Å². The predicted molar refractivity (Wildman–Crippen MR) is 101 cm³/mol. The zero-order valence-electron chi connectivity index (χ0n) is 11.8. The molecule has 110 valence electrons. The van der Waals surface area contributed by atoms with Crippen molar-refractivity contribution in [2.24, 2.45) is 4.99 Å². The topological polar surface area (TPSA) is 41.5 Å². The third-order valence-electron chi connectivity index (χ3n) is 3.06. The second-order valence-electron chi connectivity index (χ2n) is 4.87. The minimum Gasteiger partial charge on any atom is -0.300 e. The Morgan fingerprint density at radius 1 is 1.18 bits per heavy atom. The number of carbonyl (C=O) groups is 1. The van der Waals surface area contributed by atoms with E-state index in [1.54, 1.807) is 0 Å². The van der Waals surface area contributed by atoms with Crippen molar-refractivity contribution in [1.29, 1.82) is 0 Å². The van der Waals surface area contributed by atoms with Crippen LogP contribution < -0.4 is 5.32 Å². The van der Waals surface area contributed by atoms with E-state index in [1.165, 1.54) is 17.3 Å². The van der Waals surface area contributed by atoms with Gasteiger partial charge in [-0.1, -0.05) is 35.9 Å². The fourth-order valence-electron chi connectivity index (χ4n) is 1.96. The highest BCUT2D eigenvalue weighted by atomic mass is 127. The van der Waals surface area contributed by atoms with E-state index in [9.17, 15) is 4.79 Å². The quantitative estimate of drug-likeness (QED) is 0.575. The molecule has 0 bridgehead atoms. The summed E-state index contributed by atoms with van der Waals surface area (Å²) in [5, 5.41) is 3.42. The molecule has 0 radical (unpaired) electrons. The van der Waals surface area contributed by atoms with Gasteiger partial charge in [0.15, 0.2) is 5.17 Å². The van der Waals surface area contributed by atoms with Gasteiger partial charge >= 0.3 is 0 Å². The largest absolute Gasteiger partial charge is 0.300 e. The Balaban J connectivity index is 1.82. The molecule has 1 fully saturated rings. The first-order valence-corrected chi connectivity index (χ1v) is 8.61. The minimum absolute atomic E-state index is 0.102. The smallest absolute Gasteiger partial charge is 0.264 e. The van der Waals surface area contributed by atoms with Gasteiger partial charge in [0, 0.05) is 3.57 Å². The average Bonchev–Trinajstić information content (AvgIpc) is 2.81. The Bertz CT molecular complexity index is 782. The second kappa shape index (κ2) is 6.66. The third kappa shape index (κ3) is 3.78. The number of rotatable bonds is 2. The van der Waals surface area contributed by atoms with Crippen molar-refractivity contribution >= 4 is 57.2 Å². The lowest BCUT2D eigenvalue weighted by Crippen LogP contribution is -2.19. The summed E-state index contributed by atoms with van der Waals surface area (Å²) in [6.45, 7) is 2.04. The van der Waals surface area contributed by atoms with Crippen molar-refractivity contribution in [3.05, 3.63) is 68.1 Å². The number of amides is 1. The van der Waals surface area contributed by atoms with E-state index in [-0.39, 0.29) is 5.91 Å². The van der Waals surface area contributed by atoms with Gasteiger partial charge in [0.2, 0.25) is 0 Å². The lowest BCUT2D eigenvalue weighted by molar-refractivity contribution is -0.115. The summed E-state index contributed by atoms with van der Waals surface area (Å²) in [4.78, 5) is 17.2. The highest BCUT2D eigenvalue weighted by Crippen LogP contribution is 2.28. The summed E-state index contributed by atoms with van der Waals surface area (Å²) in [7, 11) is 0. The van der Waals surface area contributed by atoms with Gasteiger partial charge in [0.05, 0.1) is 10.6 Å². The summed E-state index contributed by atoms with van der Waals surface area (Å²) in [5.41, 5.74) is 3.05. The van der Waals surface area contributed by atoms with Gasteiger partial charge < -0.3 is 5.32 Å². The van der Waals surface area contributed by atoms with Crippen LogP contribution >= 0.6 is 34.4 Å². The van der Waals surface area contributed by atoms with Crippen molar-refractivity contribution in [3.63, 3.8) is 0 Å². The van der Waals surface area contributed by atoms with Crippen LogP contribution in [-0.2, 0) is 4.79 Å². The Morgan fingerprint density at radius 2 is 1.95 bits per heavy atom. The van der Waals surface area contributed by atoms with Crippen molar-refractivity contribution in [3.8, 4) is 0 Å². The number of nitrogens with zero attached hydrogens (tertiary/aromatic N) is 1. The normalized spacial score (nSPS) is 18.0. The number of amidine groups is 1. The summed E-state index contributed by atoms with van der Waals surface area (Å²) in [6, 6.07) is 15.9. The SMILES string of the molecule is Cc1ccc(C=C2SC(=Nc3cccc(I)c3)NC2=O)cc1. The summed E-state index contributed by atoms with van der Waals surface area (Å²) >= 11 is 3.61. The number of aliphatic imine (C=N–C) groups is 1. The van der Waals surface area contributed by atoms with Crippen LogP contribution in [0.15, 0.2) is 58.4 Å². The van der Waals surface area contributed by atoms with Crippen LogP contribution in [0.4, 0.5) is 5.69 Å². The molecule has 1 N–H and O–H groups in total. The van der Waals surface area contributed by atoms with E-state index in [1.807, 2.05) is 61.5 Å². The first-order valence-electron chi connectivity index (χ1n) is 6.72. The number of thioether (sulfide) groups is 1. The molecule has 1 aliphatic rings. The Morgan fingerprint density at radius 3 is 2.68 bits per heavy atom. The molecule has 0 aromatic heterocycles. The fraction of sp³-hybridized carbons (Fsp3) is 0.0588. The number of halogens is 1. The molecule has 3 rings (SSSR count). The van der Waals surface area contributed by atoms with E-state index in [0.29, 0.717) is 10.1 Å². The van der Waals surface area contributed by atoms with Crippen LogP contribution in [0.1, 0.15) is 11.1 Å². The minimum atomic E-state index is -0.102. The van der Waals surface area contributed by atoms with Crippen molar-refractivity contribution in [2.45, 2.75) is 6.92 Å². The molecule has 1 aliphatic heterocycles.